The molecule has 1 aromatic rings. The lowest BCUT2D eigenvalue weighted by Crippen LogP contribution is -2.17. The van der Waals surface area contributed by atoms with Crippen molar-refractivity contribution in [3.8, 4) is 0 Å². The number of anilines is 1. The average molecular weight is 209 g/mol. The van der Waals surface area contributed by atoms with Crippen LogP contribution in [0.2, 0.25) is 0 Å². The van der Waals surface area contributed by atoms with Gasteiger partial charge in [0.05, 0.1) is 13.7 Å². The summed E-state index contributed by atoms with van der Waals surface area (Å²) in [7, 11) is 3.37. The Morgan fingerprint density at radius 1 is 1.53 bits per heavy atom. The van der Waals surface area contributed by atoms with E-state index in [1.54, 1.807) is 37.4 Å². The summed E-state index contributed by atoms with van der Waals surface area (Å²) in [6.45, 7) is 0.557. The molecule has 15 heavy (non-hydrogen) atoms. The van der Waals surface area contributed by atoms with Crippen LogP contribution in [-0.2, 0) is 11.4 Å². The summed E-state index contributed by atoms with van der Waals surface area (Å²) >= 11 is 0. The SMILES string of the molecule is CON(C)Cc1ccc(C(N)=O)cc1N. The molecule has 0 saturated carbocycles. The molecule has 0 aromatic heterocycles. The molecule has 0 aliphatic rings. The van der Waals surface area contributed by atoms with E-state index in [0.717, 1.165) is 5.56 Å². The van der Waals surface area contributed by atoms with Gasteiger partial charge in [0.25, 0.3) is 0 Å². The fraction of sp³-hybridized carbons (Fsp3) is 0.300. The van der Waals surface area contributed by atoms with E-state index >= 15 is 0 Å². The summed E-state index contributed by atoms with van der Waals surface area (Å²) in [5.41, 5.74) is 12.7. The van der Waals surface area contributed by atoms with Crippen LogP contribution in [0.5, 0.6) is 0 Å². The second-order valence-electron chi connectivity index (χ2n) is 3.25. The Kier molecular flexibility index (Phi) is 3.65. The number of hydrogen-bond acceptors (Lipinski definition) is 4. The van der Waals surface area contributed by atoms with Crippen molar-refractivity contribution in [1.82, 2.24) is 5.06 Å². The smallest absolute Gasteiger partial charge is 0.248 e. The first kappa shape index (κ1) is 11.5. The number of nitrogens with two attached hydrogens (primary N) is 2. The maximum absolute atomic E-state index is 10.9. The monoisotopic (exact) mass is 209 g/mol. The van der Waals surface area contributed by atoms with Gasteiger partial charge in [0.1, 0.15) is 0 Å². The molecule has 1 aromatic carbocycles. The molecule has 0 atom stereocenters. The Labute approximate surface area is 88.6 Å². The van der Waals surface area contributed by atoms with Gasteiger partial charge in [-0.1, -0.05) is 6.07 Å². The normalized spacial score (nSPS) is 10.6. The van der Waals surface area contributed by atoms with Crippen molar-refractivity contribution in [3.63, 3.8) is 0 Å². The van der Waals surface area contributed by atoms with E-state index in [1.807, 2.05) is 0 Å². The van der Waals surface area contributed by atoms with Crippen molar-refractivity contribution in [2.75, 3.05) is 19.9 Å². The zero-order valence-electron chi connectivity index (χ0n) is 8.86. The molecule has 4 N–H and O–H groups in total. The molecule has 5 heteroatoms. The number of benzene rings is 1. The number of amides is 1. The van der Waals surface area contributed by atoms with Crippen molar-refractivity contribution >= 4 is 11.6 Å². The van der Waals surface area contributed by atoms with Gasteiger partial charge in [-0.15, -0.1) is 0 Å². The number of nitrogens with zero attached hydrogens (tertiary/aromatic N) is 1. The summed E-state index contributed by atoms with van der Waals surface area (Å²) < 4.78 is 0. The van der Waals surface area contributed by atoms with E-state index in [1.165, 1.54) is 0 Å². The van der Waals surface area contributed by atoms with Gasteiger partial charge in [0.2, 0.25) is 5.91 Å². The fourth-order valence-electron chi connectivity index (χ4n) is 1.20. The molecule has 0 saturated heterocycles. The van der Waals surface area contributed by atoms with Crippen molar-refractivity contribution in [2.45, 2.75) is 6.54 Å². The van der Waals surface area contributed by atoms with Gasteiger partial charge >= 0.3 is 0 Å². The van der Waals surface area contributed by atoms with Crippen LogP contribution >= 0.6 is 0 Å². The van der Waals surface area contributed by atoms with Gasteiger partial charge in [-0.3, -0.25) is 4.79 Å². The number of hydrogen-bond donors (Lipinski definition) is 2. The minimum atomic E-state index is -0.478. The van der Waals surface area contributed by atoms with Crippen molar-refractivity contribution < 1.29 is 9.63 Å². The maximum atomic E-state index is 10.9. The first-order valence-corrected chi connectivity index (χ1v) is 4.48. The van der Waals surface area contributed by atoms with Crippen LogP contribution < -0.4 is 11.5 Å². The summed E-state index contributed by atoms with van der Waals surface area (Å²) in [6.07, 6.45) is 0. The third-order valence-electron chi connectivity index (χ3n) is 2.14. The molecule has 0 heterocycles. The molecule has 0 aliphatic carbocycles. The van der Waals surface area contributed by atoms with Crippen LogP contribution in [0, 0.1) is 0 Å². The topological polar surface area (TPSA) is 81.6 Å². The first-order chi connectivity index (χ1) is 7.04. The van der Waals surface area contributed by atoms with Crippen LogP contribution in [0.15, 0.2) is 18.2 Å². The lowest BCUT2D eigenvalue weighted by atomic mass is 10.1. The number of hydroxylamine groups is 2. The Balaban J connectivity index is 2.88. The molecule has 1 amide bonds. The van der Waals surface area contributed by atoms with E-state index in [-0.39, 0.29) is 0 Å². The highest BCUT2D eigenvalue weighted by molar-refractivity contribution is 5.93. The standard InChI is InChI=1S/C10H15N3O2/c1-13(15-2)6-8-4-3-7(10(12)14)5-9(8)11/h3-5H,6,11H2,1-2H3,(H2,12,14). The maximum Gasteiger partial charge on any atom is 0.248 e. The van der Waals surface area contributed by atoms with E-state index in [4.69, 9.17) is 16.3 Å². The summed E-state index contributed by atoms with van der Waals surface area (Å²) in [6, 6.07) is 4.99. The Morgan fingerprint density at radius 3 is 2.67 bits per heavy atom. The molecule has 0 bridgehead atoms. The van der Waals surface area contributed by atoms with Gasteiger partial charge in [-0.25, -0.2) is 0 Å². The molecule has 0 spiro atoms. The van der Waals surface area contributed by atoms with Gasteiger partial charge in [0.15, 0.2) is 0 Å². The number of carbonyl (C=O) groups excluding carboxylic acids is 1. The largest absolute Gasteiger partial charge is 0.398 e. The molecular formula is C10H15N3O2. The molecule has 0 aliphatic heterocycles. The predicted molar refractivity (Wildman–Crippen MR) is 57.8 cm³/mol. The highest BCUT2D eigenvalue weighted by Gasteiger charge is 2.06. The van der Waals surface area contributed by atoms with E-state index in [9.17, 15) is 4.79 Å². The van der Waals surface area contributed by atoms with Crippen LogP contribution in [-0.4, -0.2) is 25.1 Å². The highest BCUT2D eigenvalue weighted by Crippen LogP contribution is 2.15. The fourth-order valence-corrected chi connectivity index (χ4v) is 1.20. The third-order valence-corrected chi connectivity index (χ3v) is 2.14. The molecule has 1 rings (SSSR count). The lowest BCUT2D eigenvalue weighted by Gasteiger charge is -2.15. The molecular weight excluding hydrogens is 194 g/mol. The van der Waals surface area contributed by atoms with E-state index < -0.39 is 5.91 Å². The Hall–Kier alpha value is -1.59. The van der Waals surface area contributed by atoms with Gasteiger partial charge < -0.3 is 16.3 Å². The van der Waals surface area contributed by atoms with E-state index in [0.29, 0.717) is 17.8 Å². The Morgan fingerprint density at radius 2 is 2.20 bits per heavy atom. The molecule has 5 nitrogen and oxygen atoms in total. The first-order valence-electron chi connectivity index (χ1n) is 4.48. The number of nitrogen functional groups attached to an aromatic ring is 1. The predicted octanol–water partition coefficient (Wildman–Crippen LogP) is 0.361. The number of carbonyl (C=O) groups is 1. The molecule has 0 fully saturated rings. The van der Waals surface area contributed by atoms with Crippen LogP contribution in [0.1, 0.15) is 15.9 Å². The van der Waals surface area contributed by atoms with Crippen molar-refractivity contribution in [3.05, 3.63) is 29.3 Å². The van der Waals surface area contributed by atoms with Crippen molar-refractivity contribution in [2.24, 2.45) is 5.73 Å². The van der Waals surface area contributed by atoms with E-state index in [2.05, 4.69) is 0 Å². The van der Waals surface area contributed by atoms with Crippen molar-refractivity contribution in [1.29, 1.82) is 0 Å². The summed E-state index contributed by atoms with van der Waals surface area (Å²) in [5.74, 6) is -0.478. The average Bonchev–Trinajstić information content (AvgIpc) is 2.20. The minimum absolute atomic E-state index is 0.413. The quantitative estimate of drug-likeness (QED) is 0.554. The van der Waals surface area contributed by atoms with Crippen LogP contribution in [0.4, 0.5) is 5.69 Å². The van der Waals surface area contributed by atoms with Gasteiger partial charge in [-0.05, 0) is 17.7 Å². The van der Waals surface area contributed by atoms with Crippen LogP contribution in [0.3, 0.4) is 0 Å². The summed E-state index contributed by atoms with van der Waals surface area (Å²) in [4.78, 5) is 15.8. The highest BCUT2D eigenvalue weighted by atomic mass is 16.7. The van der Waals surface area contributed by atoms with Crippen LogP contribution in [0.25, 0.3) is 0 Å². The minimum Gasteiger partial charge on any atom is -0.398 e. The molecule has 82 valence electrons. The number of rotatable bonds is 4. The second kappa shape index (κ2) is 4.77. The summed E-state index contributed by atoms with van der Waals surface area (Å²) in [5, 5.41) is 1.63. The Bertz CT molecular complexity index is 366. The molecule has 0 unspecified atom stereocenters. The zero-order valence-corrected chi connectivity index (χ0v) is 8.86. The number of primary amides is 1. The second-order valence-corrected chi connectivity index (χ2v) is 3.25. The zero-order chi connectivity index (χ0) is 11.4. The lowest BCUT2D eigenvalue weighted by molar-refractivity contribution is -0.116. The third kappa shape index (κ3) is 2.93. The molecule has 0 radical (unpaired) electrons. The van der Waals surface area contributed by atoms with Gasteiger partial charge in [-0.2, -0.15) is 5.06 Å². The van der Waals surface area contributed by atoms with Gasteiger partial charge in [0, 0.05) is 18.3 Å².